The summed E-state index contributed by atoms with van der Waals surface area (Å²) in [5.74, 6) is -2.57. The van der Waals surface area contributed by atoms with Gasteiger partial charge in [0.1, 0.15) is 5.92 Å². The van der Waals surface area contributed by atoms with Gasteiger partial charge in [0.05, 0.1) is 11.8 Å². The Bertz CT molecular complexity index is 561. The molecule has 17 heavy (non-hydrogen) atoms. The summed E-state index contributed by atoms with van der Waals surface area (Å²) in [6, 6.07) is 10.6. The van der Waals surface area contributed by atoms with Crippen LogP contribution in [0.2, 0.25) is 0 Å². The van der Waals surface area contributed by atoms with Crippen molar-refractivity contribution in [2.75, 3.05) is 0 Å². The predicted octanol–water partition coefficient (Wildman–Crippen LogP) is 3.02. The Labute approximate surface area is 97.2 Å². The summed E-state index contributed by atoms with van der Waals surface area (Å²) < 4.78 is 25.9. The number of nitriles is 1. The van der Waals surface area contributed by atoms with E-state index in [0.29, 0.717) is 11.3 Å². The van der Waals surface area contributed by atoms with Gasteiger partial charge in [-0.25, -0.2) is 8.78 Å². The van der Waals surface area contributed by atoms with E-state index in [9.17, 15) is 8.78 Å². The Balaban J connectivity index is 2.44. The summed E-state index contributed by atoms with van der Waals surface area (Å²) in [5.41, 5.74) is 0.908. The van der Waals surface area contributed by atoms with E-state index in [1.807, 2.05) is 6.07 Å². The maximum absolute atomic E-state index is 13.1. The lowest BCUT2D eigenvalue weighted by Gasteiger charge is -2.08. The van der Waals surface area contributed by atoms with E-state index in [1.54, 1.807) is 24.4 Å². The molecule has 2 rings (SSSR count). The molecular weight excluding hydrogens is 222 g/mol. The SMILES string of the molecule is N#C[C@H](c1ccc(F)c(F)c1)c1ccccn1. The molecule has 1 aromatic heterocycles. The summed E-state index contributed by atoms with van der Waals surface area (Å²) in [7, 11) is 0. The van der Waals surface area contributed by atoms with Crippen molar-refractivity contribution in [3.63, 3.8) is 0 Å². The van der Waals surface area contributed by atoms with E-state index in [4.69, 9.17) is 5.26 Å². The molecule has 0 aliphatic carbocycles. The highest BCUT2D eigenvalue weighted by Crippen LogP contribution is 2.23. The second kappa shape index (κ2) is 4.71. The zero-order valence-electron chi connectivity index (χ0n) is 8.77. The molecule has 0 unspecified atom stereocenters. The summed E-state index contributed by atoms with van der Waals surface area (Å²) in [5, 5.41) is 9.09. The third kappa shape index (κ3) is 2.28. The molecule has 1 atom stereocenters. The molecule has 0 saturated carbocycles. The van der Waals surface area contributed by atoms with Crippen molar-refractivity contribution in [3.8, 4) is 6.07 Å². The van der Waals surface area contributed by atoms with Crippen molar-refractivity contribution in [3.05, 3.63) is 65.5 Å². The molecule has 0 N–H and O–H groups in total. The zero-order chi connectivity index (χ0) is 12.3. The number of hydrogen-bond acceptors (Lipinski definition) is 2. The van der Waals surface area contributed by atoms with Crippen molar-refractivity contribution in [2.45, 2.75) is 5.92 Å². The van der Waals surface area contributed by atoms with Crippen LogP contribution in [0.3, 0.4) is 0 Å². The number of benzene rings is 1. The van der Waals surface area contributed by atoms with Gasteiger partial charge in [0.25, 0.3) is 0 Å². The smallest absolute Gasteiger partial charge is 0.159 e. The average Bonchev–Trinajstić information content (AvgIpc) is 2.36. The van der Waals surface area contributed by atoms with Crippen LogP contribution >= 0.6 is 0 Å². The van der Waals surface area contributed by atoms with Crippen LogP contribution in [0.4, 0.5) is 8.78 Å². The predicted molar refractivity (Wildman–Crippen MR) is 58.1 cm³/mol. The molecule has 0 radical (unpaired) electrons. The topological polar surface area (TPSA) is 36.7 Å². The molecule has 0 spiro atoms. The van der Waals surface area contributed by atoms with Gasteiger partial charge >= 0.3 is 0 Å². The van der Waals surface area contributed by atoms with E-state index < -0.39 is 17.6 Å². The standard InChI is InChI=1S/C13H8F2N2/c14-11-5-4-9(7-12(11)15)10(8-16)13-3-1-2-6-17-13/h1-7,10H/t10-/m1/s1. The largest absolute Gasteiger partial charge is 0.260 e. The third-order valence-electron chi connectivity index (χ3n) is 2.39. The molecule has 2 nitrogen and oxygen atoms in total. The number of halogens is 2. The molecule has 84 valence electrons. The molecule has 2 aromatic rings. The highest BCUT2D eigenvalue weighted by molar-refractivity contribution is 5.34. The molecule has 0 saturated heterocycles. The first-order chi connectivity index (χ1) is 8.22. The summed E-state index contributed by atoms with van der Waals surface area (Å²) in [6.07, 6.45) is 1.56. The Hall–Kier alpha value is -2.28. The van der Waals surface area contributed by atoms with Gasteiger partial charge in [0, 0.05) is 6.20 Å². The maximum Gasteiger partial charge on any atom is 0.159 e. The maximum atomic E-state index is 13.1. The van der Waals surface area contributed by atoms with Gasteiger partial charge in [-0.1, -0.05) is 12.1 Å². The number of nitrogens with zero attached hydrogens (tertiary/aromatic N) is 2. The van der Waals surface area contributed by atoms with Crippen molar-refractivity contribution < 1.29 is 8.78 Å². The first kappa shape index (κ1) is 11.2. The molecular formula is C13H8F2N2. The molecule has 0 aliphatic heterocycles. The minimum absolute atomic E-state index is 0.394. The van der Waals surface area contributed by atoms with Crippen molar-refractivity contribution in [1.82, 2.24) is 4.98 Å². The van der Waals surface area contributed by atoms with Crippen LogP contribution in [0.5, 0.6) is 0 Å². The van der Waals surface area contributed by atoms with E-state index in [1.165, 1.54) is 6.07 Å². The van der Waals surface area contributed by atoms with E-state index in [-0.39, 0.29) is 0 Å². The van der Waals surface area contributed by atoms with E-state index in [2.05, 4.69) is 4.98 Å². The van der Waals surface area contributed by atoms with Gasteiger partial charge in [-0.2, -0.15) is 5.26 Å². The molecule has 1 heterocycles. The lowest BCUT2D eigenvalue weighted by Crippen LogP contribution is -2.01. The van der Waals surface area contributed by atoms with Crippen molar-refractivity contribution >= 4 is 0 Å². The summed E-state index contributed by atoms with van der Waals surface area (Å²) >= 11 is 0. The van der Waals surface area contributed by atoms with Gasteiger partial charge < -0.3 is 0 Å². The van der Waals surface area contributed by atoms with Gasteiger partial charge in [0.2, 0.25) is 0 Å². The van der Waals surface area contributed by atoms with Crippen LogP contribution < -0.4 is 0 Å². The normalized spacial score (nSPS) is 11.8. The zero-order valence-corrected chi connectivity index (χ0v) is 8.77. The first-order valence-corrected chi connectivity index (χ1v) is 4.98. The van der Waals surface area contributed by atoms with Crippen LogP contribution in [0.1, 0.15) is 17.2 Å². The van der Waals surface area contributed by atoms with Crippen LogP contribution in [0.25, 0.3) is 0 Å². The lowest BCUT2D eigenvalue weighted by molar-refractivity contribution is 0.507. The van der Waals surface area contributed by atoms with Crippen LogP contribution in [0, 0.1) is 23.0 Å². The Kier molecular flexibility index (Phi) is 3.10. The molecule has 0 fully saturated rings. The van der Waals surface area contributed by atoms with Crippen molar-refractivity contribution in [1.29, 1.82) is 5.26 Å². The Morgan fingerprint density at radius 2 is 1.94 bits per heavy atom. The number of aromatic nitrogens is 1. The van der Waals surface area contributed by atoms with Crippen LogP contribution in [-0.4, -0.2) is 4.98 Å². The molecule has 0 aliphatic rings. The van der Waals surface area contributed by atoms with Gasteiger partial charge in [0.15, 0.2) is 11.6 Å². The van der Waals surface area contributed by atoms with Crippen molar-refractivity contribution in [2.24, 2.45) is 0 Å². The number of pyridine rings is 1. The fourth-order valence-electron chi connectivity index (χ4n) is 1.55. The van der Waals surface area contributed by atoms with E-state index in [0.717, 1.165) is 12.1 Å². The minimum atomic E-state index is -0.960. The number of rotatable bonds is 2. The summed E-state index contributed by atoms with van der Waals surface area (Å²) in [6.45, 7) is 0. The molecule has 1 aromatic carbocycles. The minimum Gasteiger partial charge on any atom is -0.260 e. The second-order valence-electron chi connectivity index (χ2n) is 3.49. The average molecular weight is 230 g/mol. The molecule has 0 bridgehead atoms. The molecule has 0 amide bonds. The Morgan fingerprint density at radius 3 is 2.53 bits per heavy atom. The first-order valence-electron chi connectivity index (χ1n) is 4.98. The third-order valence-corrected chi connectivity index (χ3v) is 2.39. The highest BCUT2D eigenvalue weighted by atomic mass is 19.2. The fourth-order valence-corrected chi connectivity index (χ4v) is 1.55. The summed E-state index contributed by atoms with van der Waals surface area (Å²) in [4.78, 5) is 4.04. The highest BCUT2D eigenvalue weighted by Gasteiger charge is 2.16. The van der Waals surface area contributed by atoms with Crippen LogP contribution in [0.15, 0.2) is 42.6 Å². The van der Waals surface area contributed by atoms with Gasteiger partial charge in [-0.15, -0.1) is 0 Å². The van der Waals surface area contributed by atoms with Crippen LogP contribution in [-0.2, 0) is 0 Å². The Morgan fingerprint density at radius 1 is 1.12 bits per heavy atom. The van der Waals surface area contributed by atoms with Gasteiger partial charge in [-0.3, -0.25) is 4.98 Å². The number of hydrogen-bond donors (Lipinski definition) is 0. The monoisotopic (exact) mass is 230 g/mol. The fraction of sp³-hybridized carbons (Fsp3) is 0.0769. The lowest BCUT2D eigenvalue weighted by atomic mass is 9.96. The van der Waals surface area contributed by atoms with E-state index >= 15 is 0 Å². The van der Waals surface area contributed by atoms with Gasteiger partial charge in [-0.05, 0) is 29.8 Å². The molecule has 4 heteroatoms. The second-order valence-corrected chi connectivity index (χ2v) is 3.49. The quantitative estimate of drug-likeness (QED) is 0.795.